The topological polar surface area (TPSA) is 143 Å². The van der Waals surface area contributed by atoms with Crippen LogP contribution in [0.5, 0.6) is 11.5 Å². The molecule has 1 aromatic rings. The fourth-order valence-corrected chi connectivity index (χ4v) is 3.26. The number of nitrogens with one attached hydrogen (secondary N) is 1. The Morgan fingerprint density at radius 3 is 2.63 bits per heavy atom. The molecule has 1 aliphatic heterocycles. The molecule has 1 aliphatic rings. The fraction of sp³-hybridized carbons (Fsp3) is 0.444. The molecule has 0 aliphatic carbocycles. The maximum Gasteiger partial charge on any atom is 0.244 e. The van der Waals surface area contributed by atoms with Crippen molar-refractivity contribution in [3.63, 3.8) is 0 Å². The summed E-state index contributed by atoms with van der Waals surface area (Å²) in [5, 5.41) is 50.6. The third kappa shape index (κ3) is 11.1. The number of phenolic OH excluding ortho intramolecular Hbond substituents is 2. The third-order valence-corrected chi connectivity index (χ3v) is 5.43. The molecule has 8 nitrogen and oxygen atoms in total. The quantitative estimate of drug-likeness (QED) is 0.0625. The molecule has 1 aromatic carbocycles. The van der Waals surface area contributed by atoms with Gasteiger partial charge < -0.3 is 35.6 Å². The number of amides is 1. The van der Waals surface area contributed by atoms with Crippen LogP contribution in [0.25, 0.3) is 6.08 Å². The van der Waals surface area contributed by atoms with Gasteiger partial charge in [0.2, 0.25) is 5.91 Å². The minimum atomic E-state index is -1.07. The van der Waals surface area contributed by atoms with E-state index >= 15 is 0 Å². The number of ether oxygens (including phenoxy) is 1. The number of aromatic hydroxyl groups is 2. The van der Waals surface area contributed by atoms with E-state index in [9.17, 15) is 30.3 Å². The lowest BCUT2D eigenvalue weighted by atomic mass is 10.0. The lowest BCUT2D eigenvalue weighted by Gasteiger charge is -2.17. The summed E-state index contributed by atoms with van der Waals surface area (Å²) in [4.78, 5) is 11.9. The Balaban J connectivity index is 1.53. The van der Waals surface area contributed by atoms with Gasteiger partial charge in [-0.25, -0.2) is 0 Å². The summed E-state index contributed by atoms with van der Waals surface area (Å²) in [6, 6.07) is 4.17. The van der Waals surface area contributed by atoms with Crippen LogP contribution in [0, 0.1) is 23.7 Å². The predicted octanol–water partition coefficient (Wildman–Crippen LogP) is 1.61. The number of aliphatic hydroxyl groups is 3. The average molecular weight is 484 g/mol. The molecule has 1 amide bonds. The van der Waals surface area contributed by atoms with Gasteiger partial charge in [0.15, 0.2) is 11.5 Å². The monoisotopic (exact) mass is 483 g/mol. The van der Waals surface area contributed by atoms with Crippen molar-refractivity contribution in [3.05, 3.63) is 42.5 Å². The van der Waals surface area contributed by atoms with Crippen molar-refractivity contribution in [1.82, 2.24) is 5.32 Å². The minimum absolute atomic E-state index is 0.0826. The molecule has 5 atom stereocenters. The van der Waals surface area contributed by atoms with Crippen LogP contribution in [-0.2, 0) is 9.53 Å². The Morgan fingerprint density at radius 2 is 1.89 bits per heavy atom. The summed E-state index contributed by atoms with van der Waals surface area (Å²) in [6.07, 6.45) is 6.00. The van der Waals surface area contributed by atoms with E-state index in [1.54, 1.807) is 0 Å². The second kappa shape index (κ2) is 14.9. The zero-order valence-electron chi connectivity index (χ0n) is 19.6. The van der Waals surface area contributed by atoms with Crippen molar-refractivity contribution in [2.75, 3.05) is 6.54 Å². The highest BCUT2D eigenvalue weighted by Gasteiger charge is 2.36. The van der Waals surface area contributed by atoms with E-state index in [2.05, 4.69) is 35.6 Å². The van der Waals surface area contributed by atoms with Gasteiger partial charge >= 0.3 is 0 Å². The Hall–Kier alpha value is -3.27. The smallest absolute Gasteiger partial charge is 0.244 e. The van der Waals surface area contributed by atoms with E-state index in [0.717, 1.165) is 25.7 Å². The number of rotatable bonds is 13. The Morgan fingerprint density at radius 1 is 1.09 bits per heavy atom. The fourth-order valence-electron chi connectivity index (χ4n) is 3.26. The van der Waals surface area contributed by atoms with Crippen molar-refractivity contribution in [2.45, 2.75) is 69.0 Å². The molecular weight excluding hydrogens is 450 g/mol. The second-order valence-electron chi connectivity index (χ2n) is 8.27. The van der Waals surface area contributed by atoms with Crippen LogP contribution >= 0.6 is 0 Å². The lowest BCUT2D eigenvalue weighted by molar-refractivity contribution is -0.117. The van der Waals surface area contributed by atoms with Gasteiger partial charge in [-0.05, 0) is 48.5 Å². The molecule has 0 bridgehead atoms. The minimum Gasteiger partial charge on any atom is -0.504 e. The molecule has 0 saturated carbocycles. The molecule has 0 aromatic heterocycles. The first kappa shape index (κ1) is 28.0. The van der Waals surface area contributed by atoms with E-state index in [4.69, 9.17) is 4.74 Å². The van der Waals surface area contributed by atoms with Crippen LogP contribution in [0.3, 0.4) is 0 Å². The normalized spacial score (nSPS) is 18.9. The number of unbranched alkanes of at least 4 members (excludes halogenated alkanes) is 2. The van der Waals surface area contributed by atoms with Crippen molar-refractivity contribution >= 4 is 12.0 Å². The first-order valence-electron chi connectivity index (χ1n) is 11.6. The number of phenols is 2. The highest BCUT2D eigenvalue weighted by atomic mass is 16.6. The highest BCUT2D eigenvalue weighted by Crippen LogP contribution is 2.30. The zero-order chi connectivity index (χ0) is 25.6. The Bertz CT molecular complexity index is 998. The molecule has 1 heterocycles. The van der Waals surface area contributed by atoms with Crippen LogP contribution in [0.1, 0.15) is 44.1 Å². The zero-order valence-corrected chi connectivity index (χ0v) is 19.6. The van der Waals surface area contributed by atoms with Crippen LogP contribution in [0.2, 0.25) is 0 Å². The molecule has 1 saturated heterocycles. The van der Waals surface area contributed by atoms with E-state index in [0.29, 0.717) is 18.4 Å². The molecule has 2 rings (SSSR count). The largest absolute Gasteiger partial charge is 0.504 e. The summed E-state index contributed by atoms with van der Waals surface area (Å²) >= 11 is 0. The standard InChI is InChI=1S/C27H33NO7/c1-2-20(29)9-5-3-7-11-25-26(35-25)12-8-4-6-10-21(30)24(33)18-28-27(34)16-14-19-13-15-22(31)23(32)17-19/h2,13-17,20-21,24-26,29-33H,1,4,6,8,10-12,18H2,(H,28,34). The van der Waals surface area contributed by atoms with Crippen molar-refractivity contribution < 1.29 is 35.1 Å². The third-order valence-electron chi connectivity index (χ3n) is 5.43. The summed E-state index contributed by atoms with van der Waals surface area (Å²) in [6.45, 7) is 3.34. The van der Waals surface area contributed by atoms with Crippen LogP contribution < -0.4 is 5.32 Å². The summed E-state index contributed by atoms with van der Waals surface area (Å²) in [5.41, 5.74) is 0.529. The van der Waals surface area contributed by atoms with Gasteiger partial charge in [0, 0.05) is 19.0 Å². The SMILES string of the molecule is C=CC(O)C#CC#CCC1OC1CCCCCC(O)C(O)CNC(=O)C=Cc1ccc(O)c(O)c1. The van der Waals surface area contributed by atoms with Gasteiger partial charge in [-0.15, -0.1) is 0 Å². The maximum absolute atomic E-state index is 11.9. The van der Waals surface area contributed by atoms with Crippen LogP contribution in [0.15, 0.2) is 36.9 Å². The summed E-state index contributed by atoms with van der Waals surface area (Å²) in [5.74, 6) is 9.71. The van der Waals surface area contributed by atoms with E-state index in [-0.39, 0.29) is 30.3 Å². The van der Waals surface area contributed by atoms with Gasteiger partial charge in [-0.1, -0.05) is 49.8 Å². The molecule has 188 valence electrons. The van der Waals surface area contributed by atoms with Crippen LogP contribution in [-0.4, -0.2) is 68.5 Å². The first-order chi connectivity index (χ1) is 16.8. The molecule has 6 N–H and O–H groups in total. The van der Waals surface area contributed by atoms with E-state index < -0.39 is 24.2 Å². The number of epoxide rings is 1. The van der Waals surface area contributed by atoms with Gasteiger partial charge in [0.25, 0.3) is 0 Å². The summed E-state index contributed by atoms with van der Waals surface area (Å²) < 4.78 is 5.57. The molecular formula is C27H33NO7. The molecule has 0 radical (unpaired) electrons. The molecule has 35 heavy (non-hydrogen) atoms. The molecule has 1 fully saturated rings. The summed E-state index contributed by atoms with van der Waals surface area (Å²) in [7, 11) is 0. The van der Waals surface area contributed by atoms with Crippen molar-refractivity contribution in [1.29, 1.82) is 0 Å². The van der Waals surface area contributed by atoms with E-state index in [1.807, 2.05) is 0 Å². The average Bonchev–Trinajstić information content (AvgIpc) is 3.60. The maximum atomic E-state index is 11.9. The lowest BCUT2D eigenvalue weighted by Crippen LogP contribution is -2.38. The van der Waals surface area contributed by atoms with E-state index in [1.165, 1.54) is 36.4 Å². The number of carbonyl (C=O) groups is 1. The van der Waals surface area contributed by atoms with Crippen molar-refractivity contribution in [3.8, 4) is 35.2 Å². The molecule has 8 heteroatoms. The van der Waals surface area contributed by atoms with Gasteiger partial charge in [0.05, 0.1) is 24.4 Å². The number of carbonyl (C=O) groups excluding carboxylic acids is 1. The van der Waals surface area contributed by atoms with Gasteiger partial charge in [0.1, 0.15) is 6.10 Å². The number of benzene rings is 1. The van der Waals surface area contributed by atoms with Crippen molar-refractivity contribution in [2.24, 2.45) is 0 Å². The first-order valence-corrected chi connectivity index (χ1v) is 11.6. The predicted molar refractivity (Wildman–Crippen MR) is 132 cm³/mol. The second-order valence-corrected chi connectivity index (χ2v) is 8.27. The number of hydrogen-bond acceptors (Lipinski definition) is 7. The Labute approximate surface area is 206 Å². The molecule has 5 unspecified atom stereocenters. The number of aliphatic hydroxyl groups excluding tert-OH is 3. The van der Waals surface area contributed by atoms with Gasteiger partial charge in [-0.3, -0.25) is 4.79 Å². The number of hydrogen-bond donors (Lipinski definition) is 6. The van der Waals surface area contributed by atoms with Gasteiger partial charge in [-0.2, -0.15) is 0 Å². The molecule has 0 spiro atoms. The Kier molecular flexibility index (Phi) is 11.9. The van der Waals surface area contributed by atoms with Crippen LogP contribution in [0.4, 0.5) is 0 Å². The highest BCUT2D eigenvalue weighted by molar-refractivity contribution is 5.91.